The lowest BCUT2D eigenvalue weighted by atomic mass is 10.1. The lowest BCUT2D eigenvalue weighted by molar-refractivity contribution is 0.111. The van der Waals surface area contributed by atoms with Gasteiger partial charge in [-0.2, -0.15) is 4.98 Å². The molecule has 0 atom stereocenters. The molecule has 0 spiro atoms. The van der Waals surface area contributed by atoms with Crippen molar-refractivity contribution in [3.63, 3.8) is 0 Å². The Morgan fingerprint density at radius 3 is 2.85 bits per heavy atom. The van der Waals surface area contributed by atoms with Gasteiger partial charge in [-0.25, -0.2) is 0 Å². The molecule has 0 aliphatic heterocycles. The first-order chi connectivity index (χ1) is 9.81. The van der Waals surface area contributed by atoms with Crippen LogP contribution in [0.25, 0.3) is 4.96 Å². The number of carbonyl (C=O) groups is 1. The van der Waals surface area contributed by atoms with Gasteiger partial charge < -0.3 is 4.74 Å². The number of carbonyl (C=O) groups excluding carboxylic acids is 1. The average molecular weight is 286 g/mol. The summed E-state index contributed by atoms with van der Waals surface area (Å²) in [4.78, 5) is 16.3. The summed E-state index contributed by atoms with van der Waals surface area (Å²) in [6.45, 7) is 2.15. The molecule has 0 bridgehead atoms. The number of ether oxygens (including phenoxy) is 1. The van der Waals surface area contributed by atoms with Crippen LogP contribution in [0.1, 0.15) is 29.4 Å². The molecule has 2 aromatic heterocycles. The number of hydrogen-bond donors (Lipinski definition) is 0. The number of thiazole rings is 1. The van der Waals surface area contributed by atoms with Crippen molar-refractivity contribution in [2.24, 2.45) is 0 Å². The molecule has 0 N–H and O–H groups in total. The smallest absolute Gasteiger partial charge is 0.250 e. The molecule has 0 aliphatic rings. The van der Waals surface area contributed by atoms with Crippen molar-refractivity contribution >= 4 is 22.6 Å². The number of nitrogens with zero attached hydrogens (tertiary/aromatic N) is 2. The van der Waals surface area contributed by atoms with Gasteiger partial charge in [-0.15, -0.1) is 11.3 Å². The summed E-state index contributed by atoms with van der Waals surface area (Å²) >= 11 is 1.47. The fourth-order valence-electron chi connectivity index (χ4n) is 2.09. The van der Waals surface area contributed by atoms with E-state index < -0.39 is 0 Å². The number of aryl methyl sites for hydroxylation is 1. The predicted octanol–water partition coefficient (Wildman–Crippen LogP) is 3.95. The molecule has 3 rings (SSSR count). The van der Waals surface area contributed by atoms with Gasteiger partial charge in [-0.3, -0.25) is 9.20 Å². The molecule has 0 amide bonds. The van der Waals surface area contributed by atoms with Gasteiger partial charge in [0.2, 0.25) is 5.88 Å². The minimum atomic E-state index is 0.357. The summed E-state index contributed by atoms with van der Waals surface area (Å²) in [5, 5.41) is 1.89. The third kappa shape index (κ3) is 2.32. The van der Waals surface area contributed by atoms with E-state index in [1.54, 1.807) is 4.40 Å². The molecule has 0 radical (unpaired) electrons. The second-order valence-corrected chi connectivity index (χ2v) is 5.34. The maximum absolute atomic E-state index is 11.2. The minimum Gasteiger partial charge on any atom is -0.437 e. The zero-order valence-electron chi connectivity index (χ0n) is 11.1. The zero-order valence-corrected chi connectivity index (χ0v) is 11.9. The maximum Gasteiger partial charge on any atom is 0.250 e. The fraction of sp³-hybridized carbons (Fsp3) is 0.200. The highest BCUT2D eigenvalue weighted by Crippen LogP contribution is 2.27. The summed E-state index contributed by atoms with van der Waals surface area (Å²) in [6, 6.07) is 7.90. The number of rotatable bonds is 5. The van der Waals surface area contributed by atoms with E-state index in [2.05, 4.69) is 11.9 Å². The van der Waals surface area contributed by atoms with E-state index in [0.717, 1.165) is 24.1 Å². The summed E-state index contributed by atoms with van der Waals surface area (Å²) in [5.74, 6) is 1.05. The largest absolute Gasteiger partial charge is 0.437 e. The van der Waals surface area contributed by atoms with E-state index in [0.29, 0.717) is 17.3 Å². The Hall–Kier alpha value is -2.14. The van der Waals surface area contributed by atoms with Crippen molar-refractivity contribution in [3.8, 4) is 11.6 Å². The van der Waals surface area contributed by atoms with Crippen molar-refractivity contribution in [2.75, 3.05) is 0 Å². The molecule has 0 fully saturated rings. The normalized spacial score (nSPS) is 10.8. The van der Waals surface area contributed by atoms with Crippen LogP contribution in [-0.2, 0) is 6.42 Å². The van der Waals surface area contributed by atoms with Gasteiger partial charge in [-0.1, -0.05) is 25.5 Å². The highest BCUT2D eigenvalue weighted by molar-refractivity contribution is 7.15. The number of benzene rings is 1. The second kappa shape index (κ2) is 5.46. The van der Waals surface area contributed by atoms with Crippen molar-refractivity contribution in [3.05, 3.63) is 47.1 Å². The molecular formula is C15H14N2O2S. The van der Waals surface area contributed by atoms with Crippen LogP contribution in [0.3, 0.4) is 0 Å². The average Bonchev–Trinajstić information content (AvgIpc) is 3.01. The Bertz CT molecular complexity index is 728. The summed E-state index contributed by atoms with van der Waals surface area (Å²) in [7, 11) is 0. The molecule has 1 aromatic carbocycles. The lowest BCUT2D eigenvalue weighted by Gasteiger charge is -2.04. The summed E-state index contributed by atoms with van der Waals surface area (Å²) < 4.78 is 7.45. The number of hydrogen-bond acceptors (Lipinski definition) is 4. The van der Waals surface area contributed by atoms with Gasteiger partial charge in [0.05, 0.1) is 0 Å². The van der Waals surface area contributed by atoms with E-state index in [9.17, 15) is 4.79 Å². The van der Waals surface area contributed by atoms with Crippen LogP contribution in [0.2, 0.25) is 0 Å². The predicted molar refractivity (Wildman–Crippen MR) is 79.0 cm³/mol. The van der Waals surface area contributed by atoms with Crippen LogP contribution in [0.4, 0.5) is 0 Å². The summed E-state index contributed by atoms with van der Waals surface area (Å²) in [5.41, 5.74) is 1.72. The molecule has 102 valence electrons. The second-order valence-electron chi connectivity index (χ2n) is 4.47. The Morgan fingerprint density at radius 1 is 1.35 bits per heavy atom. The number of imidazole rings is 1. The maximum atomic E-state index is 11.2. The molecular weight excluding hydrogens is 272 g/mol. The van der Waals surface area contributed by atoms with Crippen molar-refractivity contribution in [1.29, 1.82) is 0 Å². The van der Waals surface area contributed by atoms with Gasteiger partial charge in [-0.05, 0) is 24.1 Å². The van der Waals surface area contributed by atoms with Gasteiger partial charge in [0.25, 0.3) is 0 Å². The first kappa shape index (κ1) is 12.9. The van der Waals surface area contributed by atoms with Gasteiger partial charge in [0, 0.05) is 11.6 Å². The van der Waals surface area contributed by atoms with Gasteiger partial charge >= 0.3 is 0 Å². The van der Waals surface area contributed by atoms with E-state index in [1.165, 1.54) is 16.9 Å². The Labute approximate surface area is 120 Å². The molecule has 0 saturated carbocycles. The van der Waals surface area contributed by atoms with Crippen LogP contribution < -0.4 is 4.74 Å². The molecule has 3 aromatic rings. The molecule has 2 heterocycles. The van der Waals surface area contributed by atoms with Crippen LogP contribution in [0.5, 0.6) is 11.6 Å². The highest BCUT2D eigenvalue weighted by Gasteiger charge is 2.14. The Kier molecular flexibility index (Phi) is 3.52. The third-order valence-corrected chi connectivity index (χ3v) is 3.81. The van der Waals surface area contributed by atoms with E-state index in [-0.39, 0.29) is 0 Å². The quantitative estimate of drug-likeness (QED) is 0.667. The number of aromatic nitrogens is 2. The molecule has 0 unspecified atom stereocenters. The van der Waals surface area contributed by atoms with Crippen molar-refractivity contribution < 1.29 is 9.53 Å². The van der Waals surface area contributed by atoms with E-state index in [1.807, 2.05) is 35.8 Å². The standard InChI is InChI=1S/C15H14N2O2S/c1-2-3-11-4-6-12(7-5-11)19-14-13(10-18)17-8-9-20-15(17)16-14/h4-10H,2-3H2,1H3. The first-order valence-electron chi connectivity index (χ1n) is 6.49. The molecule has 5 heteroatoms. The Morgan fingerprint density at radius 2 is 2.15 bits per heavy atom. The molecule has 0 saturated heterocycles. The van der Waals surface area contributed by atoms with Crippen LogP contribution in [-0.4, -0.2) is 15.7 Å². The van der Waals surface area contributed by atoms with Crippen molar-refractivity contribution in [2.45, 2.75) is 19.8 Å². The Balaban J connectivity index is 1.88. The third-order valence-electron chi connectivity index (χ3n) is 3.05. The summed E-state index contributed by atoms with van der Waals surface area (Å²) in [6.07, 6.45) is 4.76. The van der Waals surface area contributed by atoms with Crippen molar-refractivity contribution in [1.82, 2.24) is 9.38 Å². The zero-order chi connectivity index (χ0) is 13.9. The highest BCUT2D eigenvalue weighted by atomic mass is 32.1. The van der Waals surface area contributed by atoms with Gasteiger partial charge in [0.1, 0.15) is 5.75 Å². The lowest BCUT2D eigenvalue weighted by Crippen LogP contribution is -1.92. The van der Waals surface area contributed by atoms with Crippen LogP contribution >= 0.6 is 11.3 Å². The topological polar surface area (TPSA) is 43.6 Å². The molecule has 0 aliphatic carbocycles. The fourth-order valence-corrected chi connectivity index (χ4v) is 2.80. The van der Waals surface area contributed by atoms with E-state index in [4.69, 9.17) is 4.74 Å². The van der Waals surface area contributed by atoms with Gasteiger partial charge in [0.15, 0.2) is 16.9 Å². The monoisotopic (exact) mass is 286 g/mol. The van der Waals surface area contributed by atoms with E-state index >= 15 is 0 Å². The first-order valence-corrected chi connectivity index (χ1v) is 7.37. The SMILES string of the molecule is CCCc1ccc(Oc2nc3sccn3c2C=O)cc1. The molecule has 4 nitrogen and oxygen atoms in total. The molecule has 20 heavy (non-hydrogen) atoms. The van der Waals surface area contributed by atoms with Crippen LogP contribution in [0.15, 0.2) is 35.8 Å². The minimum absolute atomic E-state index is 0.357. The van der Waals surface area contributed by atoms with Crippen LogP contribution in [0, 0.1) is 0 Å². The number of aldehydes is 1. The number of fused-ring (bicyclic) bond motifs is 1.